The number of halogens is 1. The summed E-state index contributed by atoms with van der Waals surface area (Å²) in [6.07, 6.45) is 0.409. The van der Waals surface area contributed by atoms with Crippen molar-refractivity contribution in [1.29, 1.82) is 0 Å². The predicted octanol–water partition coefficient (Wildman–Crippen LogP) is -0.264. The van der Waals surface area contributed by atoms with Gasteiger partial charge in [-0.05, 0) is 17.3 Å². The number of aromatic amines is 1. The number of nitrogens with one attached hydrogen (secondary N) is 2. The van der Waals surface area contributed by atoms with Gasteiger partial charge in [-0.2, -0.15) is 5.21 Å². The molecule has 1 aromatic heterocycles. The van der Waals surface area contributed by atoms with E-state index in [1.807, 2.05) is 0 Å². The SMILES string of the molecule is NS(=O)(=O)c1cc(-c2nn[nH]n2)c(NC=O)cc1Cl. The molecule has 0 aliphatic heterocycles. The lowest BCUT2D eigenvalue weighted by atomic mass is 10.1. The maximum atomic E-state index is 11.4. The molecule has 0 unspecified atom stereocenters. The number of anilines is 1. The van der Waals surface area contributed by atoms with E-state index < -0.39 is 10.0 Å². The van der Waals surface area contributed by atoms with E-state index >= 15 is 0 Å². The van der Waals surface area contributed by atoms with Crippen molar-refractivity contribution in [2.45, 2.75) is 4.90 Å². The van der Waals surface area contributed by atoms with Crippen LogP contribution in [-0.2, 0) is 14.8 Å². The van der Waals surface area contributed by atoms with Gasteiger partial charge in [0.15, 0.2) is 0 Å². The first-order valence-corrected chi connectivity index (χ1v) is 6.66. The van der Waals surface area contributed by atoms with E-state index in [2.05, 4.69) is 25.9 Å². The van der Waals surface area contributed by atoms with Gasteiger partial charge in [0, 0.05) is 5.56 Å². The van der Waals surface area contributed by atoms with E-state index in [1.165, 1.54) is 6.07 Å². The van der Waals surface area contributed by atoms with Gasteiger partial charge in [0.1, 0.15) is 4.90 Å². The number of hydrogen-bond acceptors (Lipinski definition) is 6. The number of sulfonamides is 1. The van der Waals surface area contributed by atoms with Gasteiger partial charge in [-0.25, -0.2) is 13.6 Å². The molecule has 2 aromatic rings. The number of hydrogen-bond donors (Lipinski definition) is 3. The molecule has 19 heavy (non-hydrogen) atoms. The molecule has 0 saturated carbocycles. The number of nitrogens with zero attached hydrogens (tertiary/aromatic N) is 3. The third-order valence-corrected chi connectivity index (χ3v) is 3.55. The zero-order valence-corrected chi connectivity index (χ0v) is 10.7. The van der Waals surface area contributed by atoms with Gasteiger partial charge in [0.25, 0.3) is 0 Å². The lowest BCUT2D eigenvalue weighted by Gasteiger charge is -2.09. The van der Waals surface area contributed by atoms with Crippen molar-refractivity contribution < 1.29 is 13.2 Å². The molecule has 1 heterocycles. The molecule has 0 atom stereocenters. The summed E-state index contributed by atoms with van der Waals surface area (Å²) in [6.45, 7) is 0. The first-order chi connectivity index (χ1) is 8.93. The summed E-state index contributed by atoms with van der Waals surface area (Å²) in [4.78, 5) is 10.2. The van der Waals surface area contributed by atoms with E-state index in [1.54, 1.807) is 0 Å². The Labute approximate surface area is 112 Å². The van der Waals surface area contributed by atoms with Gasteiger partial charge in [-0.15, -0.1) is 10.2 Å². The smallest absolute Gasteiger partial charge is 0.239 e. The van der Waals surface area contributed by atoms with Crippen molar-refractivity contribution in [3.63, 3.8) is 0 Å². The average Bonchev–Trinajstić information content (AvgIpc) is 2.81. The molecule has 0 radical (unpaired) electrons. The molecule has 1 aromatic carbocycles. The zero-order valence-electron chi connectivity index (χ0n) is 9.16. The number of nitrogens with two attached hydrogens (primary N) is 1. The molecule has 0 saturated heterocycles. The number of amides is 1. The fourth-order valence-electron chi connectivity index (χ4n) is 1.42. The number of primary sulfonamides is 1. The van der Waals surface area contributed by atoms with Crippen molar-refractivity contribution in [2.24, 2.45) is 5.14 Å². The highest BCUT2D eigenvalue weighted by Crippen LogP contribution is 2.32. The van der Waals surface area contributed by atoms with Crippen LogP contribution >= 0.6 is 11.6 Å². The zero-order chi connectivity index (χ0) is 14.0. The molecule has 0 aliphatic carbocycles. The number of carbonyl (C=O) groups excluding carboxylic acids is 1. The number of rotatable bonds is 4. The Morgan fingerprint density at radius 3 is 2.68 bits per heavy atom. The van der Waals surface area contributed by atoms with Crippen LogP contribution in [0.25, 0.3) is 11.4 Å². The highest BCUT2D eigenvalue weighted by Gasteiger charge is 2.19. The molecule has 2 rings (SSSR count). The average molecular weight is 303 g/mol. The number of benzene rings is 1. The summed E-state index contributed by atoms with van der Waals surface area (Å²) in [5.74, 6) is 0.0888. The van der Waals surface area contributed by atoms with Gasteiger partial charge < -0.3 is 5.32 Å². The molecule has 0 aliphatic rings. The molecule has 4 N–H and O–H groups in total. The van der Waals surface area contributed by atoms with Crippen molar-refractivity contribution in [3.05, 3.63) is 17.2 Å². The topological polar surface area (TPSA) is 144 Å². The minimum atomic E-state index is -4.01. The van der Waals surface area contributed by atoms with Crippen LogP contribution < -0.4 is 10.5 Å². The van der Waals surface area contributed by atoms with Crippen LogP contribution in [0.2, 0.25) is 5.02 Å². The van der Waals surface area contributed by atoms with Crippen LogP contribution in [0.15, 0.2) is 17.0 Å². The quantitative estimate of drug-likeness (QED) is 0.663. The Morgan fingerprint density at radius 1 is 1.42 bits per heavy atom. The van der Waals surface area contributed by atoms with E-state index in [0.29, 0.717) is 6.41 Å². The largest absolute Gasteiger partial charge is 0.328 e. The summed E-state index contributed by atoms with van der Waals surface area (Å²) < 4.78 is 22.8. The van der Waals surface area contributed by atoms with Crippen LogP contribution in [0.3, 0.4) is 0 Å². The molecule has 0 fully saturated rings. The summed E-state index contributed by atoms with van der Waals surface area (Å²) in [5.41, 5.74) is 0.447. The Balaban J connectivity index is 2.72. The van der Waals surface area contributed by atoms with Crippen molar-refractivity contribution >= 4 is 33.7 Å². The van der Waals surface area contributed by atoms with Crippen molar-refractivity contribution in [1.82, 2.24) is 20.6 Å². The van der Waals surface area contributed by atoms with E-state index in [-0.39, 0.29) is 27.0 Å². The molecule has 9 nitrogen and oxygen atoms in total. The highest BCUT2D eigenvalue weighted by molar-refractivity contribution is 7.89. The summed E-state index contributed by atoms with van der Waals surface area (Å²) in [5, 5.41) is 20.2. The molecule has 1 amide bonds. The second-order valence-corrected chi connectivity index (χ2v) is 5.31. The fourth-order valence-corrected chi connectivity index (χ4v) is 2.51. The minimum absolute atomic E-state index is 0.0888. The van der Waals surface area contributed by atoms with Gasteiger partial charge >= 0.3 is 0 Å². The van der Waals surface area contributed by atoms with Crippen LogP contribution in [0.4, 0.5) is 5.69 Å². The Hall–Kier alpha value is -2.04. The molecule has 100 valence electrons. The molecule has 11 heteroatoms. The van der Waals surface area contributed by atoms with Gasteiger partial charge in [0.2, 0.25) is 22.3 Å². The van der Waals surface area contributed by atoms with Gasteiger partial charge in [0.05, 0.1) is 10.7 Å². The molecule has 0 bridgehead atoms. The second kappa shape index (κ2) is 4.91. The van der Waals surface area contributed by atoms with Crippen molar-refractivity contribution in [2.75, 3.05) is 5.32 Å². The summed E-state index contributed by atoms with van der Waals surface area (Å²) >= 11 is 5.80. The van der Waals surface area contributed by atoms with Crippen molar-refractivity contribution in [3.8, 4) is 11.4 Å². The molecule has 0 spiro atoms. The van der Waals surface area contributed by atoms with E-state index in [0.717, 1.165) is 6.07 Å². The first kappa shape index (κ1) is 13.4. The van der Waals surface area contributed by atoms with Gasteiger partial charge in [-0.3, -0.25) is 4.79 Å². The first-order valence-electron chi connectivity index (χ1n) is 4.74. The fraction of sp³-hybridized carbons (Fsp3) is 0. The van der Waals surface area contributed by atoms with Crippen LogP contribution in [0.1, 0.15) is 0 Å². The number of tetrazole rings is 1. The maximum Gasteiger partial charge on any atom is 0.239 e. The molecular weight excluding hydrogens is 296 g/mol. The lowest BCUT2D eigenvalue weighted by Crippen LogP contribution is -2.13. The van der Waals surface area contributed by atoms with E-state index in [9.17, 15) is 13.2 Å². The number of aromatic nitrogens is 4. The van der Waals surface area contributed by atoms with Crippen LogP contribution in [0.5, 0.6) is 0 Å². The second-order valence-electron chi connectivity index (χ2n) is 3.37. The predicted molar refractivity (Wildman–Crippen MR) is 65.7 cm³/mol. The monoisotopic (exact) mass is 302 g/mol. The lowest BCUT2D eigenvalue weighted by molar-refractivity contribution is -0.105. The number of carbonyl (C=O) groups is 1. The third-order valence-electron chi connectivity index (χ3n) is 2.18. The Kier molecular flexibility index (Phi) is 3.46. The van der Waals surface area contributed by atoms with E-state index in [4.69, 9.17) is 16.7 Å². The standard InChI is InChI=1S/C8H7ClN6O3S/c9-5-2-6(11-3-16)4(8-12-14-15-13-8)1-7(5)19(10,17)18/h1-3H,(H,11,16)(H2,10,17,18)(H,12,13,14,15). The normalized spacial score (nSPS) is 11.3. The summed E-state index contributed by atoms with van der Waals surface area (Å²) in [7, 11) is -4.01. The highest BCUT2D eigenvalue weighted by atomic mass is 35.5. The molecular formula is C8H7ClN6O3S. The van der Waals surface area contributed by atoms with Crippen LogP contribution in [0, 0.1) is 0 Å². The maximum absolute atomic E-state index is 11.4. The number of H-pyrrole nitrogens is 1. The third kappa shape index (κ3) is 2.70. The minimum Gasteiger partial charge on any atom is -0.328 e. The Morgan fingerprint density at radius 2 is 2.16 bits per heavy atom. The Bertz CT molecular complexity index is 714. The van der Waals surface area contributed by atoms with Crippen LogP contribution in [-0.4, -0.2) is 35.5 Å². The summed E-state index contributed by atoms with van der Waals surface area (Å²) in [6, 6.07) is 2.40. The van der Waals surface area contributed by atoms with Gasteiger partial charge in [-0.1, -0.05) is 11.6 Å².